The van der Waals surface area contributed by atoms with Crippen molar-refractivity contribution in [3.8, 4) is 17.1 Å². The lowest BCUT2D eigenvalue weighted by molar-refractivity contribution is 0.144. The van der Waals surface area contributed by atoms with Crippen molar-refractivity contribution >= 4 is 40.6 Å². The fourth-order valence-corrected chi connectivity index (χ4v) is 5.21. The fourth-order valence-electron chi connectivity index (χ4n) is 5.03. The second-order valence-corrected chi connectivity index (χ2v) is 9.87. The van der Waals surface area contributed by atoms with Crippen LogP contribution in [0.4, 0.5) is 22.1 Å². The van der Waals surface area contributed by atoms with Gasteiger partial charge in [-0.1, -0.05) is 17.7 Å². The zero-order valence-corrected chi connectivity index (χ0v) is 22.4. The molecule has 2 fully saturated rings. The average molecular weight is 548 g/mol. The fraction of sp³-hybridized carbons (Fsp3) is 0.333. The Balaban J connectivity index is 1.16. The minimum Gasteiger partial charge on any atom is -0.494 e. The number of carbonyl (C=O) groups is 1. The first-order chi connectivity index (χ1) is 19.1. The number of aromatic nitrogens is 4. The summed E-state index contributed by atoms with van der Waals surface area (Å²) >= 11 is 6.48. The van der Waals surface area contributed by atoms with E-state index < -0.39 is 0 Å². The Morgan fingerprint density at radius 3 is 2.59 bits per heavy atom. The van der Waals surface area contributed by atoms with Gasteiger partial charge in [0.15, 0.2) is 0 Å². The summed E-state index contributed by atoms with van der Waals surface area (Å²) in [5.41, 5.74) is 3.94. The number of nitrogens with zero attached hydrogens (tertiary/aromatic N) is 7. The van der Waals surface area contributed by atoms with E-state index in [2.05, 4.69) is 30.5 Å². The number of hydrogen-bond donors (Lipinski definition) is 2. The number of ether oxygens (including phenoxy) is 1. The number of fused-ring (bicyclic) bond motifs is 1. The number of methoxy groups -OCH3 is 1. The summed E-state index contributed by atoms with van der Waals surface area (Å²) in [5.74, 6) is 1.06. The molecule has 2 N–H and O–H groups in total. The van der Waals surface area contributed by atoms with Crippen molar-refractivity contribution in [3.63, 3.8) is 0 Å². The predicted octanol–water partition coefficient (Wildman–Crippen LogP) is 3.34. The first kappa shape index (κ1) is 25.2. The molecule has 2 amide bonds. The molecule has 2 aliphatic rings. The van der Waals surface area contributed by atoms with Crippen LogP contribution in [0.1, 0.15) is 0 Å². The molecule has 202 valence electrons. The number of anilines is 3. The average Bonchev–Trinajstić information content (AvgIpc) is 3.42. The van der Waals surface area contributed by atoms with Crippen LogP contribution in [-0.2, 0) is 0 Å². The van der Waals surface area contributed by atoms with Gasteiger partial charge in [0, 0.05) is 70.3 Å². The molecule has 4 aromatic rings. The van der Waals surface area contributed by atoms with Crippen LogP contribution in [0.2, 0.25) is 5.02 Å². The van der Waals surface area contributed by atoms with Crippen LogP contribution in [0.3, 0.4) is 0 Å². The van der Waals surface area contributed by atoms with Crippen molar-refractivity contribution in [2.75, 3.05) is 69.7 Å². The van der Waals surface area contributed by atoms with E-state index in [1.54, 1.807) is 19.5 Å². The minimum atomic E-state index is 0.138. The third-order valence-corrected chi connectivity index (χ3v) is 7.41. The van der Waals surface area contributed by atoms with E-state index >= 15 is 0 Å². The highest BCUT2D eigenvalue weighted by Crippen LogP contribution is 2.33. The number of piperazine rings is 2. The second kappa shape index (κ2) is 11.0. The van der Waals surface area contributed by atoms with Gasteiger partial charge in [0.1, 0.15) is 17.1 Å². The maximum absolute atomic E-state index is 12.9. The number of hydrogen-bond acceptors (Lipinski definition) is 8. The van der Waals surface area contributed by atoms with Gasteiger partial charge in [-0.25, -0.2) is 19.7 Å². The zero-order chi connectivity index (χ0) is 26.8. The Morgan fingerprint density at radius 2 is 1.79 bits per heavy atom. The number of carbonyl (C=O) groups excluding carboxylic acids is 1. The summed E-state index contributed by atoms with van der Waals surface area (Å²) < 4.78 is 7.64. The smallest absolute Gasteiger partial charge is 0.320 e. The van der Waals surface area contributed by atoms with Crippen LogP contribution < -0.4 is 20.3 Å². The largest absolute Gasteiger partial charge is 0.494 e. The van der Waals surface area contributed by atoms with Gasteiger partial charge in [-0.15, -0.1) is 0 Å². The Labute approximate surface area is 231 Å². The lowest BCUT2D eigenvalue weighted by atomic mass is 10.2. The van der Waals surface area contributed by atoms with Crippen LogP contribution in [0, 0.1) is 0 Å². The SMILES string of the molecule is COc1cc(N2CCN(C(=O)N3CCNCC3)CC2)ccc1Nc1ncc(Cl)c(-c2cnc3ccccn23)n1. The third-order valence-electron chi connectivity index (χ3n) is 7.14. The first-order valence-electron chi connectivity index (χ1n) is 13.0. The Morgan fingerprint density at radius 1 is 1.00 bits per heavy atom. The molecule has 39 heavy (non-hydrogen) atoms. The number of benzene rings is 1. The number of rotatable bonds is 5. The van der Waals surface area contributed by atoms with Gasteiger partial charge in [-0.2, -0.15) is 0 Å². The molecular formula is C27H30ClN9O2. The molecule has 3 aromatic heterocycles. The van der Waals surface area contributed by atoms with E-state index in [9.17, 15) is 4.79 Å². The summed E-state index contributed by atoms with van der Waals surface area (Å²) in [6.45, 7) is 6.15. The van der Waals surface area contributed by atoms with E-state index in [1.165, 1.54) is 0 Å². The van der Waals surface area contributed by atoms with Crippen LogP contribution in [0.5, 0.6) is 5.75 Å². The Kier molecular flexibility index (Phi) is 7.08. The standard InChI is InChI=1S/C27H30ClN9O2/c1-39-23-16-19(34-12-14-36(15-13-34)27(38)35-10-7-29-8-11-35)5-6-21(23)32-26-31-17-20(28)25(33-26)22-18-30-24-4-2-3-9-37(22)24/h2-6,9,16-18,29H,7-8,10-15H2,1H3,(H,31,32,33). The van der Waals surface area contributed by atoms with E-state index in [1.807, 2.05) is 56.8 Å². The lowest BCUT2D eigenvalue weighted by Gasteiger charge is -2.39. The van der Waals surface area contributed by atoms with Crippen molar-refractivity contribution in [1.82, 2.24) is 34.5 Å². The minimum absolute atomic E-state index is 0.138. The number of halogens is 1. The normalized spacial score (nSPS) is 16.0. The maximum Gasteiger partial charge on any atom is 0.320 e. The Hall–Kier alpha value is -4.09. The Bertz CT molecular complexity index is 1480. The van der Waals surface area contributed by atoms with Gasteiger partial charge in [-0.3, -0.25) is 4.40 Å². The van der Waals surface area contributed by atoms with Crippen molar-refractivity contribution in [2.24, 2.45) is 0 Å². The quantitative estimate of drug-likeness (QED) is 0.392. The summed E-state index contributed by atoms with van der Waals surface area (Å²) in [6.07, 6.45) is 5.25. The van der Waals surface area contributed by atoms with E-state index in [-0.39, 0.29) is 6.03 Å². The molecule has 5 heterocycles. The van der Waals surface area contributed by atoms with E-state index in [0.717, 1.165) is 62.0 Å². The highest BCUT2D eigenvalue weighted by molar-refractivity contribution is 6.32. The van der Waals surface area contributed by atoms with Gasteiger partial charge in [0.2, 0.25) is 5.95 Å². The molecule has 0 atom stereocenters. The van der Waals surface area contributed by atoms with Crippen LogP contribution in [0.15, 0.2) is 55.0 Å². The van der Waals surface area contributed by atoms with Crippen molar-refractivity contribution in [1.29, 1.82) is 0 Å². The van der Waals surface area contributed by atoms with Crippen LogP contribution in [0.25, 0.3) is 17.0 Å². The molecular weight excluding hydrogens is 518 g/mol. The molecule has 0 saturated carbocycles. The topological polar surface area (TPSA) is 103 Å². The molecule has 11 nitrogen and oxygen atoms in total. The molecule has 0 bridgehead atoms. The molecule has 0 radical (unpaired) electrons. The van der Waals surface area contributed by atoms with Crippen LogP contribution in [-0.4, -0.2) is 94.7 Å². The molecule has 6 rings (SSSR count). The monoisotopic (exact) mass is 547 g/mol. The maximum atomic E-state index is 12.9. The molecule has 2 saturated heterocycles. The van der Waals surface area contributed by atoms with Crippen molar-refractivity contribution in [2.45, 2.75) is 0 Å². The van der Waals surface area contributed by atoms with Gasteiger partial charge in [0.05, 0.1) is 35.9 Å². The number of urea groups is 1. The molecule has 0 spiro atoms. The summed E-state index contributed by atoms with van der Waals surface area (Å²) in [5, 5.41) is 7.00. The van der Waals surface area contributed by atoms with Crippen molar-refractivity contribution in [3.05, 3.63) is 60.0 Å². The van der Waals surface area contributed by atoms with Gasteiger partial charge >= 0.3 is 6.03 Å². The predicted molar refractivity (Wildman–Crippen MR) is 151 cm³/mol. The van der Waals surface area contributed by atoms with Gasteiger partial charge in [-0.05, 0) is 24.3 Å². The molecule has 12 heteroatoms. The summed E-state index contributed by atoms with van der Waals surface area (Å²) in [7, 11) is 1.64. The van der Waals surface area contributed by atoms with Crippen LogP contribution >= 0.6 is 11.6 Å². The zero-order valence-electron chi connectivity index (χ0n) is 21.7. The number of nitrogens with one attached hydrogen (secondary N) is 2. The van der Waals surface area contributed by atoms with E-state index in [4.69, 9.17) is 16.3 Å². The highest BCUT2D eigenvalue weighted by Gasteiger charge is 2.26. The van der Waals surface area contributed by atoms with E-state index in [0.29, 0.717) is 35.5 Å². The summed E-state index contributed by atoms with van der Waals surface area (Å²) in [6, 6.07) is 11.9. The number of imidazole rings is 1. The lowest BCUT2D eigenvalue weighted by Crippen LogP contribution is -2.56. The summed E-state index contributed by atoms with van der Waals surface area (Å²) in [4.78, 5) is 32.5. The molecule has 0 aliphatic carbocycles. The first-order valence-corrected chi connectivity index (χ1v) is 13.4. The van der Waals surface area contributed by atoms with Crippen molar-refractivity contribution < 1.29 is 9.53 Å². The highest BCUT2D eigenvalue weighted by atomic mass is 35.5. The van der Waals surface area contributed by atoms with Gasteiger partial charge in [0.25, 0.3) is 0 Å². The number of pyridine rings is 1. The van der Waals surface area contributed by atoms with Gasteiger partial charge < -0.3 is 30.1 Å². The second-order valence-electron chi connectivity index (χ2n) is 9.47. The molecule has 1 aromatic carbocycles. The molecule has 0 unspecified atom stereocenters. The third kappa shape index (κ3) is 5.15. The number of amides is 2. The molecule has 2 aliphatic heterocycles.